The number of phenols is 2. The first-order chi connectivity index (χ1) is 8.60. The van der Waals surface area contributed by atoms with Gasteiger partial charge in [0.2, 0.25) is 0 Å². The SMILES string of the molecule is C=CCc1cc(/C=C2\CNC(=S)N2)cc(O)c1O. The number of rotatable bonds is 3. The molecule has 0 atom stereocenters. The maximum absolute atomic E-state index is 9.69. The fraction of sp³-hybridized carbons (Fsp3) is 0.154. The van der Waals surface area contributed by atoms with Crippen molar-refractivity contribution >= 4 is 23.4 Å². The molecule has 4 nitrogen and oxygen atoms in total. The highest BCUT2D eigenvalue weighted by molar-refractivity contribution is 7.80. The number of thiocarbonyl (C=S) groups is 1. The number of allylic oxidation sites excluding steroid dienone is 1. The third-order valence-electron chi connectivity index (χ3n) is 2.61. The van der Waals surface area contributed by atoms with Gasteiger partial charge >= 0.3 is 0 Å². The number of phenolic OH excluding ortho intramolecular Hbond substituents is 2. The fourth-order valence-corrected chi connectivity index (χ4v) is 2.00. The monoisotopic (exact) mass is 262 g/mol. The van der Waals surface area contributed by atoms with E-state index in [9.17, 15) is 10.2 Å². The van der Waals surface area contributed by atoms with Crippen LogP contribution < -0.4 is 10.6 Å². The Kier molecular flexibility index (Phi) is 3.53. The van der Waals surface area contributed by atoms with E-state index in [0.29, 0.717) is 23.6 Å². The van der Waals surface area contributed by atoms with E-state index >= 15 is 0 Å². The average molecular weight is 262 g/mol. The van der Waals surface area contributed by atoms with Crippen molar-refractivity contribution in [3.8, 4) is 11.5 Å². The first-order valence-electron chi connectivity index (χ1n) is 5.51. The third kappa shape index (κ3) is 2.62. The van der Waals surface area contributed by atoms with Crippen LogP contribution in [-0.2, 0) is 6.42 Å². The van der Waals surface area contributed by atoms with Gasteiger partial charge in [-0.3, -0.25) is 0 Å². The first-order valence-corrected chi connectivity index (χ1v) is 5.92. The molecule has 0 saturated carbocycles. The summed E-state index contributed by atoms with van der Waals surface area (Å²) in [5.74, 6) is -0.222. The molecule has 0 radical (unpaired) electrons. The average Bonchev–Trinajstić information content (AvgIpc) is 2.71. The highest BCUT2D eigenvalue weighted by Crippen LogP contribution is 2.31. The molecule has 1 aliphatic heterocycles. The minimum Gasteiger partial charge on any atom is -0.504 e. The standard InChI is InChI=1S/C13H14N2O2S/c1-2-3-9-4-8(6-11(16)12(9)17)5-10-7-14-13(18)15-10/h2,4-6,16-17H,1,3,7H2,(H2,14,15,18)/b10-5+. The van der Waals surface area contributed by atoms with E-state index in [2.05, 4.69) is 17.2 Å². The van der Waals surface area contributed by atoms with Gasteiger partial charge in [-0.25, -0.2) is 0 Å². The zero-order valence-corrected chi connectivity index (χ0v) is 10.5. The van der Waals surface area contributed by atoms with Crippen LogP contribution in [0.25, 0.3) is 6.08 Å². The Bertz CT molecular complexity index is 538. The summed E-state index contributed by atoms with van der Waals surface area (Å²) in [6.07, 6.45) is 4.05. The normalized spacial score (nSPS) is 16.4. The van der Waals surface area contributed by atoms with Gasteiger partial charge in [-0.1, -0.05) is 6.08 Å². The highest BCUT2D eigenvalue weighted by atomic mass is 32.1. The van der Waals surface area contributed by atoms with Crippen molar-refractivity contribution in [1.29, 1.82) is 0 Å². The maximum Gasteiger partial charge on any atom is 0.170 e. The van der Waals surface area contributed by atoms with Crippen LogP contribution in [0.5, 0.6) is 11.5 Å². The first kappa shape index (κ1) is 12.4. The molecule has 0 spiro atoms. The second kappa shape index (κ2) is 5.10. The van der Waals surface area contributed by atoms with Crippen molar-refractivity contribution < 1.29 is 10.2 Å². The zero-order chi connectivity index (χ0) is 13.1. The summed E-state index contributed by atoms with van der Waals surface area (Å²) in [6.45, 7) is 4.26. The summed E-state index contributed by atoms with van der Waals surface area (Å²) in [4.78, 5) is 0. The van der Waals surface area contributed by atoms with Crippen molar-refractivity contribution in [2.45, 2.75) is 6.42 Å². The van der Waals surface area contributed by atoms with Gasteiger partial charge in [0.15, 0.2) is 16.6 Å². The van der Waals surface area contributed by atoms with Crippen molar-refractivity contribution in [1.82, 2.24) is 10.6 Å². The molecule has 0 aliphatic carbocycles. The number of aromatic hydroxyl groups is 2. The van der Waals surface area contributed by atoms with E-state index in [0.717, 1.165) is 11.3 Å². The van der Waals surface area contributed by atoms with Gasteiger partial charge in [0.05, 0.1) is 6.54 Å². The second-order valence-electron chi connectivity index (χ2n) is 4.02. The minimum atomic E-state index is -0.130. The summed E-state index contributed by atoms with van der Waals surface area (Å²) < 4.78 is 0. The lowest BCUT2D eigenvalue weighted by Crippen LogP contribution is -2.19. The Morgan fingerprint density at radius 2 is 2.17 bits per heavy atom. The number of hydrogen-bond donors (Lipinski definition) is 4. The summed E-state index contributed by atoms with van der Waals surface area (Å²) in [7, 11) is 0. The van der Waals surface area contributed by atoms with Crippen molar-refractivity contribution in [3.63, 3.8) is 0 Å². The van der Waals surface area contributed by atoms with Gasteiger partial charge in [0.1, 0.15) is 0 Å². The van der Waals surface area contributed by atoms with Crippen molar-refractivity contribution in [2.75, 3.05) is 6.54 Å². The summed E-state index contributed by atoms with van der Waals surface area (Å²) in [5, 5.41) is 25.9. The lowest BCUT2D eigenvalue weighted by Gasteiger charge is -2.06. The van der Waals surface area contributed by atoms with Crippen LogP contribution in [0.4, 0.5) is 0 Å². The topological polar surface area (TPSA) is 64.5 Å². The Hall–Kier alpha value is -2.01. The molecule has 18 heavy (non-hydrogen) atoms. The van der Waals surface area contributed by atoms with Crippen LogP contribution in [0, 0.1) is 0 Å². The van der Waals surface area contributed by atoms with E-state index in [1.165, 1.54) is 6.07 Å². The van der Waals surface area contributed by atoms with Gasteiger partial charge in [0, 0.05) is 11.3 Å². The van der Waals surface area contributed by atoms with E-state index in [1.54, 1.807) is 6.08 Å². The third-order valence-corrected chi connectivity index (χ3v) is 2.86. The van der Waals surface area contributed by atoms with Crippen LogP contribution in [-0.4, -0.2) is 21.9 Å². The van der Waals surface area contributed by atoms with Gasteiger partial charge in [0.25, 0.3) is 0 Å². The van der Waals surface area contributed by atoms with Crippen LogP contribution in [0.2, 0.25) is 0 Å². The van der Waals surface area contributed by atoms with E-state index < -0.39 is 0 Å². The van der Waals surface area contributed by atoms with Crippen LogP contribution in [0.1, 0.15) is 11.1 Å². The molecule has 1 fully saturated rings. The summed E-state index contributed by atoms with van der Waals surface area (Å²) >= 11 is 4.96. The van der Waals surface area contributed by atoms with Gasteiger partial charge in [-0.2, -0.15) is 0 Å². The number of hydrogen-bond acceptors (Lipinski definition) is 3. The summed E-state index contributed by atoms with van der Waals surface area (Å²) in [5.41, 5.74) is 2.37. The molecule has 0 bridgehead atoms. The molecule has 4 N–H and O–H groups in total. The largest absolute Gasteiger partial charge is 0.504 e. The Balaban J connectivity index is 2.34. The molecule has 94 valence electrons. The zero-order valence-electron chi connectivity index (χ0n) is 9.73. The molecule has 1 saturated heterocycles. The van der Waals surface area contributed by atoms with Crippen LogP contribution in [0.3, 0.4) is 0 Å². The van der Waals surface area contributed by atoms with E-state index in [4.69, 9.17) is 12.2 Å². The molecule has 5 heteroatoms. The Labute approximate surface area is 111 Å². The minimum absolute atomic E-state index is 0.0925. The molecule has 1 aliphatic rings. The van der Waals surface area contributed by atoms with Crippen LogP contribution in [0.15, 0.2) is 30.5 Å². The van der Waals surface area contributed by atoms with Crippen molar-refractivity contribution in [3.05, 3.63) is 41.6 Å². The van der Waals surface area contributed by atoms with E-state index in [-0.39, 0.29) is 11.5 Å². The highest BCUT2D eigenvalue weighted by Gasteiger charge is 2.11. The van der Waals surface area contributed by atoms with Gasteiger partial charge in [-0.05, 0) is 42.4 Å². The maximum atomic E-state index is 9.69. The predicted octanol–water partition coefficient (Wildman–Crippen LogP) is 1.64. The molecule has 0 unspecified atom stereocenters. The number of nitrogens with one attached hydrogen (secondary N) is 2. The molecule has 1 heterocycles. The van der Waals surface area contributed by atoms with Crippen molar-refractivity contribution in [2.24, 2.45) is 0 Å². The quantitative estimate of drug-likeness (QED) is 0.379. The molecule has 1 aromatic rings. The Morgan fingerprint density at radius 3 is 2.78 bits per heavy atom. The smallest absolute Gasteiger partial charge is 0.170 e. The molecular formula is C13H14N2O2S. The second-order valence-corrected chi connectivity index (χ2v) is 4.43. The molecule has 0 aromatic heterocycles. The fourth-order valence-electron chi connectivity index (χ4n) is 1.79. The van der Waals surface area contributed by atoms with Gasteiger partial charge in [-0.15, -0.1) is 6.58 Å². The Morgan fingerprint density at radius 1 is 1.39 bits per heavy atom. The predicted molar refractivity (Wildman–Crippen MR) is 75.4 cm³/mol. The molecule has 2 rings (SSSR count). The lowest BCUT2D eigenvalue weighted by molar-refractivity contribution is 0.400. The molecule has 1 aromatic carbocycles. The molecule has 0 amide bonds. The van der Waals surface area contributed by atoms with Gasteiger partial charge < -0.3 is 20.8 Å². The van der Waals surface area contributed by atoms with E-state index in [1.807, 2.05) is 12.1 Å². The lowest BCUT2D eigenvalue weighted by atomic mass is 10.0. The van der Waals surface area contributed by atoms with Crippen LogP contribution >= 0.6 is 12.2 Å². The summed E-state index contributed by atoms with van der Waals surface area (Å²) in [6, 6.07) is 3.32. The number of benzene rings is 1. The molecular weight excluding hydrogens is 248 g/mol.